The van der Waals surface area contributed by atoms with Gasteiger partial charge < -0.3 is 24.1 Å². The molecule has 1 saturated carbocycles. The lowest BCUT2D eigenvalue weighted by Gasteiger charge is -2.43. The summed E-state index contributed by atoms with van der Waals surface area (Å²) in [6.07, 6.45) is 4.75. The number of aryl methyl sites for hydroxylation is 1. The van der Waals surface area contributed by atoms with Crippen LogP contribution < -0.4 is 15.1 Å². The Balaban J connectivity index is 1.40. The molecule has 0 radical (unpaired) electrons. The van der Waals surface area contributed by atoms with Gasteiger partial charge in [-0.15, -0.1) is 0 Å². The molecule has 2 saturated heterocycles. The maximum Gasteiger partial charge on any atom is 0.258 e. The molecule has 1 spiro atoms. The molecule has 2 N–H and O–H groups in total. The van der Waals surface area contributed by atoms with E-state index in [1.807, 2.05) is 17.9 Å². The van der Waals surface area contributed by atoms with Crippen molar-refractivity contribution in [3.8, 4) is 0 Å². The highest BCUT2D eigenvalue weighted by Gasteiger charge is 2.44. The molecule has 1 amide bonds. The summed E-state index contributed by atoms with van der Waals surface area (Å²) in [6, 6.07) is 8.61. The van der Waals surface area contributed by atoms with Crippen molar-refractivity contribution in [1.29, 1.82) is 4.78 Å². The predicted molar refractivity (Wildman–Crippen MR) is 127 cm³/mol. The Labute approximate surface area is 195 Å². The van der Waals surface area contributed by atoms with E-state index in [1.165, 1.54) is 12.8 Å². The molecule has 33 heavy (non-hydrogen) atoms. The Morgan fingerprint density at radius 2 is 1.82 bits per heavy atom. The fourth-order valence-electron chi connectivity index (χ4n) is 4.95. The van der Waals surface area contributed by atoms with Crippen molar-refractivity contribution < 1.29 is 13.4 Å². The van der Waals surface area contributed by atoms with Gasteiger partial charge in [0.1, 0.15) is 17.3 Å². The molecular formula is C24H29FN5O2S-. The Bertz CT molecular complexity index is 1170. The molecule has 1 aliphatic carbocycles. The zero-order valence-corrected chi connectivity index (χ0v) is 19.8. The SMILES string of the molecule is Cc1cc(NC(=O)c2ccc([S-](=N)=O)cc2N2CCC3(CC2)CC3)nc(N2CC(C)(F)C2)c1. The van der Waals surface area contributed by atoms with Crippen LogP contribution in [-0.2, 0) is 14.8 Å². The Kier molecular flexibility index (Phi) is 5.34. The molecule has 1 aromatic heterocycles. The molecule has 1 aromatic carbocycles. The third-order valence-electron chi connectivity index (χ3n) is 7.11. The van der Waals surface area contributed by atoms with Crippen molar-refractivity contribution in [1.82, 2.24) is 4.98 Å². The second-order valence-corrected chi connectivity index (χ2v) is 11.1. The lowest BCUT2D eigenvalue weighted by atomic mass is 9.93. The number of piperidine rings is 1. The molecule has 3 heterocycles. The summed E-state index contributed by atoms with van der Waals surface area (Å²) in [7, 11) is -1.88. The van der Waals surface area contributed by atoms with Gasteiger partial charge in [0.25, 0.3) is 5.91 Å². The summed E-state index contributed by atoms with van der Waals surface area (Å²) in [5, 5.41) is 2.90. The van der Waals surface area contributed by atoms with E-state index in [4.69, 9.17) is 4.78 Å². The number of hydrogen-bond donors (Lipinski definition) is 2. The molecule has 2 aliphatic heterocycles. The van der Waals surface area contributed by atoms with Crippen molar-refractivity contribution in [3.63, 3.8) is 0 Å². The van der Waals surface area contributed by atoms with Crippen molar-refractivity contribution in [2.75, 3.05) is 41.3 Å². The molecule has 176 valence electrons. The number of rotatable bonds is 5. The highest BCUT2D eigenvalue weighted by Crippen LogP contribution is 2.54. The van der Waals surface area contributed by atoms with Gasteiger partial charge >= 0.3 is 0 Å². The average molecular weight is 471 g/mol. The van der Waals surface area contributed by atoms with Gasteiger partial charge in [-0.2, -0.15) is 10.6 Å². The molecule has 5 rings (SSSR count). The Morgan fingerprint density at radius 3 is 2.42 bits per heavy atom. The molecule has 0 unspecified atom stereocenters. The van der Waals surface area contributed by atoms with Crippen LogP contribution in [0.3, 0.4) is 0 Å². The van der Waals surface area contributed by atoms with Crippen LogP contribution in [0, 0.1) is 17.1 Å². The van der Waals surface area contributed by atoms with Gasteiger partial charge in [0.15, 0.2) is 0 Å². The van der Waals surface area contributed by atoms with E-state index in [1.54, 1.807) is 31.2 Å². The number of carbonyl (C=O) groups is 1. The molecular weight excluding hydrogens is 441 g/mol. The quantitative estimate of drug-likeness (QED) is 0.621. The average Bonchev–Trinajstić information content (AvgIpc) is 3.50. The summed E-state index contributed by atoms with van der Waals surface area (Å²) < 4.78 is 33.4. The topological polar surface area (TPSA) is 89.4 Å². The molecule has 7 nitrogen and oxygen atoms in total. The fourth-order valence-corrected chi connectivity index (χ4v) is 5.36. The Hall–Kier alpha value is -2.68. The van der Waals surface area contributed by atoms with Crippen LogP contribution in [0.15, 0.2) is 35.2 Å². The van der Waals surface area contributed by atoms with E-state index in [0.29, 0.717) is 33.2 Å². The largest absolute Gasteiger partial charge is 0.440 e. The van der Waals surface area contributed by atoms with E-state index in [-0.39, 0.29) is 19.0 Å². The number of hydrogen-bond acceptors (Lipinski definition) is 7. The van der Waals surface area contributed by atoms with Gasteiger partial charge in [0.05, 0.1) is 18.7 Å². The van der Waals surface area contributed by atoms with E-state index in [9.17, 15) is 13.4 Å². The van der Waals surface area contributed by atoms with E-state index in [2.05, 4.69) is 15.2 Å². The first-order valence-corrected chi connectivity index (χ1v) is 12.5. The summed E-state index contributed by atoms with van der Waals surface area (Å²) in [5.41, 5.74) is 1.39. The van der Waals surface area contributed by atoms with Crippen LogP contribution in [0.1, 0.15) is 48.5 Å². The molecule has 0 atom stereocenters. The first-order chi connectivity index (χ1) is 15.6. The molecule has 9 heteroatoms. The first-order valence-electron chi connectivity index (χ1n) is 11.4. The Morgan fingerprint density at radius 1 is 1.12 bits per heavy atom. The number of alkyl halides is 1. The molecule has 3 fully saturated rings. The lowest BCUT2D eigenvalue weighted by Crippen LogP contribution is -2.57. The summed E-state index contributed by atoms with van der Waals surface area (Å²) >= 11 is 0. The summed E-state index contributed by atoms with van der Waals surface area (Å²) in [4.78, 5) is 22.3. The van der Waals surface area contributed by atoms with Gasteiger partial charge in [-0.1, -0.05) is 17.0 Å². The van der Waals surface area contributed by atoms with Gasteiger partial charge in [-0.25, -0.2) is 9.37 Å². The lowest BCUT2D eigenvalue weighted by molar-refractivity contribution is 0.102. The fraction of sp³-hybridized carbons (Fsp3) is 0.500. The van der Waals surface area contributed by atoms with Crippen LogP contribution in [0.25, 0.3) is 0 Å². The van der Waals surface area contributed by atoms with Crippen LogP contribution in [0.2, 0.25) is 0 Å². The van der Waals surface area contributed by atoms with Gasteiger partial charge in [0, 0.05) is 18.8 Å². The second-order valence-electron chi connectivity index (χ2n) is 10.0. The van der Waals surface area contributed by atoms with Crippen molar-refractivity contribution >= 4 is 33.8 Å². The second kappa shape index (κ2) is 7.97. The maximum atomic E-state index is 14.0. The number of carbonyl (C=O) groups excluding carboxylic acids is 1. The number of pyridine rings is 1. The van der Waals surface area contributed by atoms with Gasteiger partial charge in [0.2, 0.25) is 0 Å². The third-order valence-corrected chi connectivity index (χ3v) is 7.79. The molecule has 2 aromatic rings. The number of halogens is 1. The summed E-state index contributed by atoms with van der Waals surface area (Å²) in [5.74, 6) is 0.755. The monoisotopic (exact) mass is 470 g/mol. The van der Waals surface area contributed by atoms with Gasteiger partial charge in [-0.05, 0) is 68.7 Å². The zero-order valence-electron chi connectivity index (χ0n) is 19.0. The van der Waals surface area contributed by atoms with Crippen molar-refractivity contribution in [2.45, 2.75) is 50.1 Å². The van der Waals surface area contributed by atoms with Crippen LogP contribution in [0.5, 0.6) is 0 Å². The number of anilines is 3. The standard InChI is InChI=1S/C24H29FN5O2S/c1-16-11-20(27-21(12-16)30-14-23(2,25)15-30)28-22(31)18-4-3-17(33(26)32)13-19(18)29-9-7-24(5-6-24)8-10-29/h3-4,11-13,26H,5-10,14-15H2,1-2H3,(H,27,28,31)/q-1. The summed E-state index contributed by atoms with van der Waals surface area (Å²) in [6.45, 7) is 5.74. The highest BCUT2D eigenvalue weighted by molar-refractivity contribution is 7.73. The van der Waals surface area contributed by atoms with Crippen LogP contribution in [-0.4, -0.2) is 42.7 Å². The van der Waals surface area contributed by atoms with E-state index >= 15 is 0 Å². The zero-order chi connectivity index (χ0) is 23.4. The minimum atomic E-state index is -1.88. The third kappa shape index (κ3) is 4.55. The van der Waals surface area contributed by atoms with E-state index < -0.39 is 16.3 Å². The number of nitrogens with zero attached hydrogens (tertiary/aromatic N) is 3. The normalized spacial score (nSPS) is 20.6. The highest BCUT2D eigenvalue weighted by atomic mass is 32.2. The number of aromatic nitrogens is 1. The van der Waals surface area contributed by atoms with Crippen molar-refractivity contribution in [3.05, 3.63) is 41.5 Å². The first kappa shape index (κ1) is 22.1. The molecule has 3 aliphatic rings. The smallest absolute Gasteiger partial charge is 0.258 e. The van der Waals surface area contributed by atoms with Crippen molar-refractivity contribution in [2.24, 2.45) is 5.41 Å². The molecule has 0 bridgehead atoms. The van der Waals surface area contributed by atoms with Crippen LogP contribution >= 0.6 is 0 Å². The number of benzene rings is 1. The number of nitrogens with one attached hydrogen (secondary N) is 2. The minimum Gasteiger partial charge on any atom is -0.440 e. The van der Waals surface area contributed by atoms with Gasteiger partial charge in [-0.3, -0.25) is 4.79 Å². The number of amides is 1. The minimum absolute atomic E-state index is 0.281. The van der Waals surface area contributed by atoms with E-state index in [0.717, 1.165) is 31.5 Å². The maximum absolute atomic E-state index is 14.0. The van der Waals surface area contributed by atoms with Crippen LogP contribution in [0.4, 0.5) is 21.7 Å². The predicted octanol–water partition coefficient (Wildman–Crippen LogP) is 4.66.